The molecule has 0 radical (unpaired) electrons. The number of piperidine rings is 1. The average molecular weight is 885 g/mol. The molecule has 6 rings (SSSR count). The van der Waals surface area contributed by atoms with Crippen LogP contribution in [0.2, 0.25) is 0 Å². The first kappa shape index (κ1) is 47.4. The van der Waals surface area contributed by atoms with Crippen LogP contribution in [0, 0.1) is 10.3 Å². The molecule has 4 aromatic carbocycles. The van der Waals surface area contributed by atoms with E-state index in [1.807, 2.05) is 54.6 Å². The van der Waals surface area contributed by atoms with Crippen molar-refractivity contribution in [2.24, 2.45) is 16.3 Å². The summed E-state index contributed by atoms with van der Waals surface area (Å²) in [5, 5.41) is 17.3. The fourth-order valence-corrected chi connectivity index (χ4v) is 8.12. The molecule has 16 nitrogen and oxygen atoms in total. The van der Waals surface area contributed by atoms with Crippen LogP contribution >= 0.6 is 0 Å². The minimum atomic E-state index is -1.13. The summed E-state index contributed by atoms with van der Waals surface area (Å²) >= 11 is 0. The molecule has 0 aromatic heterocycles. The number of carbonyl (C=O) groups is 6. The lowest BCUT2D eigenvalue weighted by molar-refractivity contribution is -0.141. The lowest BCUT2D eigenvalue weighted by Crippen LogP contribution is -2.58. The molecule has 4 aromatic rings. The molecule has 2 aliphatic heterocycles. The summed E-state index contributed by atoms with van der Waals surface area (Å²) in [4.78, 5) is 95.4. The molecule has 65 heavy (non-hydrogen) atoms. The highest BCUT2D eigenvalue weighted by Crippen LogP contribution is 2.35. The number of nitrogens with one attached hydrogen (secondary N) is 5. The van der Waals surface area contributed by atoms with Crippen molar-refractivity contribution in [2.75, 3.05) is 45.9 Å². The second-order valence-electron chi connectivity index (χ2n) is 16.3. The van der Waals surface area contributed by atoms with Gasteiger partial charge in [0.25, 0.3) is 0 Å². The summed E-state index contributed by atoms with van der Waals surface area (Å²) in [6, 6.07) is 29.0. The highest BCUT2D eigenvalue weighted by Gasteiger charge is 2.44. The lowest BCUT2D eigenvalue weighted by Gasteiger charge is -2.42. The summed E-state index contributed by atoms with van der Waals surface area (Å²) in [7, 11) is 0. The van der Waals surface area contributed by atoms with Gasteiger partial charge in [0, 0.05) is 57.8 Å². The van der Waals surface area contributed by atoms with Gasteiger partial charge >= 0.3 is 0 Å². The normalized spacial score (nSPS) is 20.6. The molecular formula is C49H56N8O8. The van der Waals surface area contributed by atoms with Gasteiger partial charge in [0.2, 0.25) is 35.4 Å². The Morgan fingerprint density at radius 2 is 1.52 bits per heavy atom. The Morgan fingerprint density at radius 3 is 2.25 bits per heavy atom. The predicted molar refractivity (Wildman–Crippen MR) is 245 cm³/mol. The van der Waals surface area contributed by atoms with Gasteiger partial charge in [-0.2, -0.15) is 0 Å². The van der Waals surface area contributed by atoms with Crippen molar-refractivity contribution >= 4 is 41.1 Å². The van der Waals surface area contributed by atoms with Crippen molar-refractivity contribution in [3.8, 4) is 11.1 Å². The highest BCUT2D eigenvalue weighted by molar-refractivity contribution is 5.97. The van der Waals surface area contributed by atoms with Crippen LogP contribution in [0.5, 0.6) is 0 Å². The van der Waals surface area contributed by atoms with Crippen molar-refractivity contribution in [3.63, 3.8) is 0 Å². The van der Waals surface area contributed by atoms with Crippen molar-refractivity contribution < 1.29 is 33.5 Å². The third kappa shape index (κ3) is 13.7. The quantitative estimate of drug-likeness (QED) is 0.0906. The number of carbonyl (C=O) groups excluding carboxylic acids is 6. The second-order valence-corrected chi connectivity index (χ2v) is 16.3. The van der Waals surface area contributed by atoms with Gasteiger partial charge in [0.15, 0.2) is 0 Å². The van der Waals surface area contributed by atoms with Crippen LogP contribution < -0.4 is 32.3 Å². The standard InChI is InChI=1S/C49H56N8O8/c50-23-27-65-28-25-52-46(61)41-21-24-51-43(58)19-20-45(60)57-26-6-22-49(33-57,31-35-7-2-1-3-8-35)48(63)55-42(47(62)53-32-39-10-5-4-9-38(39)30-44(59)54-41)29-34-11-13-36(14-12-34)37-15-17-40(56-64)18-16-37/h1-5,7-20,41-42H,6,21-33,50H2,(H,51,58)(H,52,61)(H,53,62)(H,54,59)(H,55,63)/b20-19+/t41-,42-,49-/m0/s1. The van der Waals surface area contributed by atoms with E-state index in [1.54, 1.807) is 53.4 Å². The second kappa shape index (κ2) is 23.6. The number of hydrogen-bond donors (Lipinski definition) is 6. The molecule has 2 heterocycles. The molecule has 3 atom stereocenters. The van der Waals surface area contributed by atoms with Crippen LogP contribution in [0.1, 0.15) is 41.5 Å². The van der Waals surface area contributed by atoms with Gasteiger partial charge in [0.05, 0.1) is 25.0 Å². The van der Waals surface area contributed by atoms with E-state index in [4.69, 9.17) is 10.5 Å². The number of hydrogen-bond acceptors (Lipinski definition) is 10. The SMILES string of the molecule is NCCOCCNC(=O)[C@@H]1CCNC(=O)/C=C/C(=O)N2CCC[C@](Cc3ccccc3)(C2)C(=O)N[C@@H](Cc2ccc(-c3ccc(N=O)cc3)cc2)C(=O)NCc2ccccc2CC(=O)N1. The summed E-state index contributed by atoms with van der Waals surface area (Å²) in [6.07, 6.45) is 3.56. The van der Waals surface area contributed by atoms with E-state index >= 15 is 0 Å². The van der Waals surface area contributed by atoms with E-state index in [0.29, 0.717) is 55.8 Å². The molecule has 16 heteroatoms. The van der Waals surface area contributed by atoms with Crippen molar-refractivity contribution in [1.82, 2.24) is 31.5 Å². The highest BCUT2D eigenvalue weighted by atomic mass is 16.5. The molecule has 6 amide bonds. The molecule has 1 saturated heterocycles. The zero-order valence-electron chi connectivity index (χ0n) is 36.3. The molecule has 0 aliphatic carbocycles. The van der Waals surface area contributed by atoms with Gasteiger partial charge < -0.3 is 42.0 Å². The van der Waals surface area contributed by atoms with Crippen LogP contribution in [0.15, 0.2) is 120 Å². The number of ether oxygens (including phenoxy) is 1. The number of benzene rings is 4. The van der Waals surface area contributed by atoms with E-state index in [9.17, 15) is 33.7 Å². The molecule has 7 N–H and O–H groups in total. The largest absolute Gasteiger partial charge is 0.378 e. The number of nitrogens with two attached hydrogens (primary N) is 1. The van der Waals surface area contributed by atoms with E-state index in [-0.39, 0.29) is 58.0 Å². The van der Waals surface area contributed by atoms with Crippen LogP contribution in [0.3, 0.4) is 0 Å². The van der Waals surface area contributed by atoms with Crippen molar-refractivity contribution in [1.29, 1.82) is 0 Å². The minimum Gasteiger partial charge on any atom is -0.378 e. The molecule has 0 spiro atoms. The monoisotopic (exact) mass is 884 g/mol. The van der Waals surface area contributed by atoms with Crippen LogP contribution in [0.4, 0.5) is 5.69 Å². The maximum Gasteiger partial charge on any atom is 0.246 e. The number of nitroso groups, excluding NO2 is 1. The first-order chi connectivity index (χ1) is 31.6. The number of fused-ring (bicyclic) bond motifs is 3. The van der Waals surface area contributed by atoms with Gasteiger partial charge in [-0.05, 0) is 76.4 Å². The third-order valence-corrected chi connectivity index (χ3v) is 11.6. The fraction of sp³-hybridized carbons (Fsp3) is 0.347. The number of nitrogens with zero attached hydrogens (tertiary/aromatic N) is 2. The Hall–Kier alpha value is -7.04. The molecular weight excluding hydrogens is 829 g/mol. The number of rotatable bonds is 12. The predicted octanol–water partition coefficient (Wildman–Crippen LogP) is 3.14. The first-order valence-electron chi connectivity index (χ1n) is 21.9. The summed E-state index contributed by atoms with van der Waals surface area (Å²) in [6.45, 7) is 1.48. The molecule has 2 aliphatic rings. The van der Waals surface area contributed by atoms with Crippen LogP contribution in [-0.2, 0) is 59.3 Å². The fourth-order valence-electron chi connectivity index (χ4n) is 8.12. The smallest absolute Gasteiger partial charge is 0.246 e. The van der Waals surface area contributed by atoms with Gasteiger partial charge in [-0.3, -0.25) is 28.8 Å². The van der Waals surface area contributed by atoms with E-state index < -0.39 is 47.0 Å². The topological polar surface area (TPSA) is 230 Å². The lowest BCUT2D eigenvalue weighted by atomic mass is 9.74. The Labute approximate surface area is 378 Å². The summed E-state index contributed by atoms with van der Waals surface area (Å²) in [5.41, 5.74) is 9.34. The van der Waals surface area contributed by atoms with Crippen LogP contribution in [-0.4, -0.2) is 98.4 Å². The van der Waals surface area contributed by atoms with Crippen LogP contribution in [0.25, 0.3) is 11.1 Å². The summed E-state index contributed by atoms with van der Waals surface area (Å²) < 4.78 is 5.36. The Bertz CT molecular complexity index is 2320. The third-order valence-electron chi connectivity index (χ3n) is 11.6. The van der Waals surface area contributed by atoms with E-state index in [1.165, 1.54) is 0 Å². The van der Waals surface area contributed by atoms with Crippen molar-refractivity contribution in [3.05, 3.63) is 142 Å². The van der Waals surface area contributed by atoms with Gasteiger partial charge in [-0.1, -0.05) is 91.0 Å². The Balaban J connectivity index is 1.30. The Morgan fingerprint density at radius 1 is 0.815 bits per heavy atom. The maximum absolute atomic E-state index is 14.9. The van der Waals surface area contributed by atoms with Gasteiger partial charge in [-0.15, -0.1) is 4.91 Å². The first-order valence-corrected chi connectivity index (χ1v) is 21.9. The zero-order chi connectivity index (χ0) is 46.0. The van der Waals surface area contributed by atoms with E-state index in [2.05, 4.69) is 31.8 Å². The van der Waals surface area contributed by atoms with Gasteiger partial charge in [-0.25, -0.2) is 0 Å². The van der Waals surface area contributed by atoms with Gasteiger partial charge in [0.1, 0.15) is 17.8 Å². The maximum atomic E-state index is 14.9. The van der Waals surface area contributed by atoms with Crippen molar-refractivity contribution in [2.45, 2.75) is 57.2 Å². The molecule has 0 saturated carbocycles. The average Bonchev–Trinajstić information content (AvgIpc) is 3.32. The van der Waals surface area contributed by atoms with E-state index in [0.717, 1.165) is 34.4 Å². The molecule has 340 valence electrons. The Kier molecular flexibility index (Phi) is 17.2. The summed E-state index contributed by atoms with van der Waals surface area (Å²) in [5.74, 6) is -2.81. The zero-order valence-corrected chi connectivity index (χ0v) is 36.3. The minimum absolute atomic E-state index is 0.00555. The molecule has 2 bridgehead atoms. The molecule has 0 unspecified atom stereocenters. The number of amides is 6. The molecule has 1 fully saturated rings.